The first-order chi connectivity index (χ1) is 7.68. The van der Waals surface area contributed by atoms with Gasteiger partial charge in [-0.3, -0.25) is 4.79 Å². The molecule has 2 nitrogen and oxygen atoms in total. The van der Waals surface area contributed by atoms with Crippen LogP contribution in [-0.2, 0) is 0 Å². The molecule has 3 heteroatoms. The fourth-order valence-corrected chi connectivity index (χ4v) is 2.02. The Bertz CT molecular complexity index is 533. The Labute approximate surface area is 103 Å². The highest BCUT2D eigenvalue weighted by Crippen LogP contribution is 2.17. The third kappa shape index (κ3) is 2.25. The molecule has 82 valence electrons. The summed E-state index contributed by atoms with van der Waals surface area (Å²) >= 11 is 3.38. The molecule has 0 fully saturated rings. The lowest BCUT2D eigenvalue weighted by Gasteiger charge is -2.15. The van der Waals surface area contributed by atoms with Crippen molar-refractivity contribution in [3.05, 3.63) is 69.1 Å². The quantitative estimate of drug-likeness (QED) is 0.826. The average Bonchev–Trinajstić information content (AvgIpc) is 2.32. The van der Waals surface area contributed by atoms with Crippen LogP contribution in [0.3, 0.4) is 0 Å². The molecule has 1 aromatic carbocycles. The van der Waals surface area contributed by atoms with Gasteiger partial charge in [-0.2, -0.15) is 0 Å². The van der Waals surface area contributed by atoms with Gasteiger partial charge in [0.15, 0.2) is 0 Å². The van der Waals surface area contributed by atoms with Crippen LogP contribution >= 0.6 is 15.9 Å². The molecule has 1 aromatic heterocycles. The van der Waals surface area contributed by atoms with Gasteiger partial charge in [0.25, 0.3) is 5.56 Å². The first-order valence-electron chi connectivity index (χ1n) is 5.11. The van der Waals surface area contributed by atoms with Crippen molar-refractivity contribution >= 4 is 15.9 Å². The minimum atomic E-state index is 0.0135. The summed E-state index contributed by atoms with van der Waals surface area (Å²) in [6.45, 7) is 2.02. The minimum absolute atomic E-state index is 0.0135. The number of aromatic nitrogens is 1. The predicted molar refractivity (Wildman–Crippen MR) is 68.7 cm³/mol. The van der Waals surface area contributed by atoms with Gasteiger partial charge in [-0.1, -0.05) is 30.3 Å². The maximum Gasteiger partial charge on any atom is 0.251 e. The van der Waals surface area contributed by atoms with Crippen LogP contribution in [0.1, 0.15) is 18.5 Å². The smallest absolute Gasteiger partial charge is 0.251 e. The van der Waals surface area contributed by atoms with Crippen LogP contribution in [0.5, 0.6) is 0 Å². The van der Waals surface area contributed by atoms with Gasteiger partial charge in [-0.15, -0.1) is 0 Å². The fourth-order valence-electron chi connectivity index (χ4n) is 1.67. The van der Waals surface area contributed by atoms with Crippen LogP contribution < -0.4 is 5.56 Å². The van der Waals surface area contributed by atoms with Gasteiger partial charge in [0, 0.05) is 16.7 Å². The first kappa shape index (κ1) is 11.1. The predicted octanol–water partition coefficient (Wildman–Crippen LogP) is 3.22. The van der Waals surface area contributed by atoms with Gasteiger partial charge in [0.2, 0.25) is 0 Å². The largest absolute Gasteiger partial charge is 0.307 e. The number of nitrogens with zero attached hydrogens (tertiary/aromatic N) is 1. The van der Waals surface area contributed by atoms with Crippen LogP contribution in [0.15, 0.2) is 57.9 Å². The third-order valence-electron chi connectivity index (χ3n) is 2.60. The molecule has 0 spiro atoms. The van der Waals surface area contributed by atoms with E-state index < -0.39 is 0 Å². The summed E-state index contributed by atoms with van der Waals surface area (Å²) in [5, 5.41) is 0. The molecule has 0 radical (unpaired) electrons. The zero-order valence-corrected chi connectivity index (χ0v) is 10.5. The van der Waals surface area contributed by atoms with E-state index in [0.717, 1.165) is 10.0 Å². The lowest BCUT2D eigenvalue weighted by molar-refractivity contribution is 0.613. The van der Waals surface area contributed by atoms with Crippen molar-refractivity contribution in [3.8, 4) is 0 Å². The molecule has 1 unspecified atom stereocenters. The van der Waals surface area contributed by atoms with Gasteiger partial charge >= 0.3 is 0 Å². The van der Waals surface area contributed by atoms with E-state index in [1.165, 1.54) is 0 Å². The van der Waals surface area contributed by atoms with E-state index in [0.29, 0.717) is 0 Å². The Morgan fingerprint density at radius 1 is 1.12 bits per heavy atom. The number of hydrogen-bond donors (Lipinski definition) is 0. The van der Waals surface area contributed by atoms with Crippen LogP contribution in [0.4, 0.5) is 0 Å². The summed E-state index contributed by atoms with van der Waals surface area (Å²) in [4.78, 5) is 11.7. The van der Waals surface area contributed by atoms with E-state index in [-0.39, 0.29) is 11.6 Å². The van der Waals surface area contributed by atoms with Gasteiger partial charge < -0.3 is 4.57 Å². The second-order valence-corrected chi connectivity index (χ2v) is 4.60. The molecule has 0 aliphatic carbocycles. The van der Waals surface area contributed by atoms with Crippen molar-refractivity contribution in [2.75, 3.05) is 0 Å². The van der Waals surface area contributed by atoms with Crippen molar-refractivity contribution in [2.24, 2.45) is 0 Å². The van der Waals surface area contributed by atoms with Crippen LogP contribution in [0.25, 0.3) is 0 Å². The highest BCUT2D eigenvalue weighted by Gasteiger charge is 2.08. The van der Waals surface area contributed by atoms with Gasteiger partial charge in [0.05, 0.1) is 6.04 Å². The van der Waals surface area contributed by atoms with E-state index >= 15 is 0 Å². The number of benzene rings is 1. The maximum absolute atomic E-state index is 11.7. The number of pyridine rings is 1. The van der Waals surface area contributed by atoms with E-state index in [1.807, 2.05) is 43.5 Å². The molecule has 0 aliphatic rings. The van der Waals surface area contributed by atoms with E-state index in [2.05, 4.69) is 15.9 Å². The molecule has 0 bridgehead atoms. The second-order valence-electron chi connectivity index (χ2n) is 3.68. The Morgan fingerprint density at radius 2 is 1.81 bits per heavy atom. The average molecular weight is 278 g/mol. The summed E-state index contributed by atoms with van der Waals surface area (Å²) < 4.78 is 2.63. The fraction of sp³-hybridized carbons (Fsp3) is 0.154. The topological polar surface area (TPSA) is 22.0 Å². The zero-order chi connectivity index (χ0) is 11.5. The maximum atomic E-state index is 11.7. The molecule has 0 saturated heterocycles. The molecular weight excluding hydrogens is 266 g/mol. The van der Waals surface area contributed by atoms with Crippen LogP contribution in [-0.4, -0.2) is 4.57 Å². The Kier molecular flexibility index (Phi) is 3.25. The van der Waals surface area contributed by atoms with Crippen LogP contribution in [0, 0.1) is 0 Å². The molecule has 0 amide bonds. The molecule has 1 heterocycles. The van der Waals surface area contributed by atoms with E-state index in [9.17, 15) is 4.79 Å². The summed E-state index contributed by atoms with van der Waals surface area (Å²) in [6, 6.07) is 13.4. The number of rotatable bonds is 2. The molecule has 1 atom stereocenters. The summed E-state index contributed by atoms with van der Waals surface area (Å²) in [5.74, 6) is 0. The van der Waals surface area contributed by atoms with Crippen molar-refractivity contribution in [1.82, 2.24) is 4.57 Å². The van der Waals surface area contributed by atoms with Crippen molar-refractivity contribution in [2.45, 2.75) is 13.0 Å². The van der Waals surface area contributed by atoms with E-state index in [1.54, 1.807) is 16.7 Å². The zero-order valence-electron chi connectivity index (χ0n) is 8.93. The van der Waals surface area contributed by atoms with Gasteiger partial charge in [-0.25, -0.2) is 0 Å². The number of halogens is 1. The molecule has 16 heavy (non-hydrogen) atoms. The molecular formula is C13H12BrNO. The Hall–Kier alpha value is -1.35. The Balaban J connectivity index is 2.45. The standard InChI is InChI=1S/C13H12BrNO/c1-10(11-5-3-2-4-6-11)15-9-12(14)7-8-13(15)16/h2-10H,1H3. The lowest BCUT2D eigenvalue weighted by atomic mass is 10.1. The minimum Gasteiger partial charge on any atom is -0.307 e. The molecule has 0 aliphatic heterocycles. The molecule has 2 rings (SSSR count). The molecule has 0 N–H and O–H groups in total. The first-order valence-corrected chi connectivity index (χ1v) is 5.90. The van der Waals surface area contributed by atoms with Crippen molar-refractivity contribution < 1.29 is 0 Å². The summed E-state index contributed by atoms with van der Waals surface area (Å²) in [5.41, 5.74) is 1.14. The van der Waals surface area contributed by atoms with Crippen molar-refractivity contribution in [3.63, 3.8) is 0 Å². The summed E-state index contributed by atoms with van der Waals surface area (Å²) in [6.07, 6.45) is 1.82. The van der Waals surface area contributed by atoms with Gasteiger partial charge in [-0.05, 0) is 34.5 Å². The Morgan fingerprint density at radius 3 is 2.50 bits per heavy atom. The normalized spacial score (nSPS) is 12.4. The molecule has 0 saturated carbocycles. The summed E-state index contributed by atoms with van der Waals surface area (Å²) in [7, 11) is 0. The lowest BCUT2D eigenvalue weighted by Crippen LogP contribution is -2.22. The second kappa shape index (κ2) is 4.66. The highest BCUT2D eigenvalue weighted by molar-refractivity contribution is 9.10. The monoisotopic (exact) mass is 277 g/mol. The van der Waals surface area contributed by atoms with Gasteiger partial charge in [0.1, 0.15) is 0 Å². The third-order valence-corrected chi connectivity index (χ3v) is 3.07. The van der Waals surface area contributed by atoms with Crippen molar-refractivity contribution in [1.29, 1.82) is 0 Å². The van der Waals surface area contributed by atoms with E-state index in [4.69, 9.17) is 0 Å². The van der Waals surface area contributed by atoms with Crippen LogP contribution in [0.2, 0.25) is 0 Å². The number of hydrogen-bond acceptors (Lipinski definition) is 1. The SMILES string of the molecule is CC(c1ccccc1)n1cc(Br)ccc1=O. The molecule has 2 aromatic rings. The highest BCUT2D eigenvalue weighted by atomic mass is 79.9.